The molecule has 0 spiro atoms. The van der Waals surface area contributed by atoms with Crippen LogP contribution in [0.3, 0.4) is 0 Å². The van der Waals surface area contributed by atoms with Crippen molar-refractivity contribution in [3.8, 4) is 0 Å². The summed E-state index contributed by atoms with van der Waals surface area (Å²) < 4.78 is 15.4. The summed E-state index contributed by atoms with van der Waals surface area (Å²) in [7, 11) is 0. The van der Waals surface area contributed by atoms with Crippen LogP contribution < -0.4 is 0 Å². The van der Waals surface area contributed by atoms with Crippen molar-refractivity contribution in [2.75, 3.05) is 19.6 Å². The molecule has 0 aliphatic heterocycles. The second-order valence-corrected chi connectivity index (χ2v) is 11.0. The van der Waals surface area contributed by atoms with Crippen LogP contribution in [0.25, 0.3) is 0 Å². The zero-order valence-electron chi connectivity index (χ0n) is 23.1. The Kier molecular flexibility index (Phi) is 11.8. The summed E-state index contributed by atoms with van der Waals surface area (Å²) in [6, 6.07) is 4.19. The molecule has 2 heteroatoms. The SMILES string of the molecule is C=C(C)C(C(=C)C)=C(C)C(Cc1ccc(CCCN(CCC)CCC)c(F)c1C)C(C)(C)C. The molecule has 0 aliphatic rings. The van der Waals surface area contributed by atoms with Crippen molar-refractivity contribution in [2.24, 2.45) is 11.3 Å². The van der Waals surface area contributed by atoms with Gasteiger partial charge in [-0.05, 0) is 113 Å². The van der Waals surface area contributed by atoms with Crippen molar-refractivity contribution in [1.29, 1.82) is 0 Å². The van der Waals surface area contributed by atoms with E-state index in [0.29, 0.717) is 0 Å². The van der Waals surface area contributed by atoms with Gasteiger partial charge in [0.1, 0.15) is 5.82 Å². The number of allylic oxidation sites excluding steroid dienone is 4. The number of hydrogen-bond acceptors (Lipinski definition) is 1. The monoisotopic (exact) mass is 455 g/mol. The minimum absolute atomic E-state index is 0.0145. The highest BCUT2D eigenvalue weighted by Crippen LogP contribution is 2.39. The minimum atomic E-state index is -0.0145. The molecule has 0 saturated heterocycles. The number of nitrogens with zero attached hydrogens (tertiary/aromatic N) is 1. The molecule has 0 saturated carbocycles. The zero-order valence-corrected chi connectivity index (χ0v) is 23.1. The van der Waals surface area contributed by atoms with Crippen LogP contribution in [0.2, 0.25) is 0 Å². The lowest BCUT2D eigenvalue weighted by molar-refractivity contribution is 0.271. The zero-order chi connectivity index (χ0) is 25.3. The Labute approximate surface area is 204 Å². The van der Waals surface area contributed by atoms with Crippen LogP contribution in [-0.2, 0) is 12.8 Å². The van der Waals surface area contributed by atoms with Crippen molar-refractivity contribution in [1.82, 2.24) is 4.90 Å². The summed E-state index contributed by atoms with van der Waals surface area (Å²) >= 11 is 0. The van der Waals surface area contributed by atoms with E-state index in [2.05, 4.69) is 79.5 Å². The van der Waals surface area contributed by atoms with Gasteiger partial charge in [-0.1, -0.05) is 76.6 Å². The standard InChI is InChI=1S/C31H50FN/c1-12-18-33(19-13-2)20-14-15-26-16-17-27(24(7)30(26)32)21-28(31(9,10)11)25(8)29(22(3)4)23(5)6/h16-17,28H,3,5,12-15,18-21H2,1-2,4,6-11H3. The predicted molar refractivity (Wildman–Crippen MR) is 145 cm³/mol. The van der Waals surface area contributed by atoms with E-state index >= 15 is 4.39 Å². The number of benzene rings is 1. The second-order valence-electron chi connectivity index (χ2n) is 11.0. The van der Waals surface area contributed by atoms with Crippen LogP contribution in [0, 0.1) is 24.1 Å². The van der Waals surface area contributed by atoms with Crippen molar-refractivity contribution < 1.29 is 4.39 Å². The molecule has 0 N–H and O–H groups in total. The van der Waals surface area contributed by atoms with Gasteiger partial charge in [0.05, 0.1) is 0 Å². The fraction of sp³-hybridized carbons (Fsp3) is 0.613. The van der Waals surface area contributed by atoms with Gasteiger partial charge in [0.25, 0.3) is 0 Å². The van der Waals surface area contributed by atoms with Crippen LogP contribution in [-0.4, -0.2) is 24.5 Å². The Morgan fingerprint density at radius 3 is 1.91 bits per heavy atom. The van der Waals surface area contributed by atoms with Gasteiger partial charge in [-0.3, -0.25) is 0 Å². The Morgan fingerprint density at radius 1 is 0.939 bits per heavy atom. The van der Waals surface area contributed by atoms with Crippen molar-refractivity contribution in [3.63, 3.8) is 0 Å². The Bertz CT molecular complexity index is 815. The second kappa shape index (κ2) is 13.3. The number of halogens is 1. The molecule has 0 aromatic heterocycles. The van der Waals surface area contributed by atoms with Gasteiger partial charge in [-0.2, -0.15) is 0 Å². The summed E-state index contributed by atoms with van der Waals surface area (Å²) in [4.78, 5) is 2.50. The Hall–Kier alpha value is -1.67. The van der Waals surface area contributed by atoms with Crippen LogP contribution in [0.15, 0.2) is 47.6 Å². The van der Waals surface area contributed by atoms with Crippen LogP contribution in [0.1, 0.15) is 91.3 Å². The molecule has 0 fully saturated rings. The van der Waals surface area contributed by atoms with Crippen molar-refractivity contribution in [2.45, 2.75) is 94.4 Å². The third-order valence-corrected chi connectivity index (χ3v) is 6.82. The van der Waals surface area contributed by atoms with E-state index in [4.69, 9.17) is 0 Å². The molecule has 1 rings (SSSR count). The lowest BCUT2D eigenvalue weighted by Crippen LogP contribution is -2.27. The van der Waals surface area contributed by atoms with Gasteiger partial charge in [0, 0.05) is 0 Å². The highest BCUT2D eigenvalue weighted by atomic mass is 19.1. The lowest BCUT2D eigenvalue weighted by Gasteiger charge is -2.34. The molecule has 186 valence electrons. The predicted octanol–water partition coefficient (Wildman–Crippen LogP) is 8.86. The van der Waals surface area contributed by atoms with Crippen molar-refractivity contribution >= 4 is 0 Å². The van der Waals surface area contributed by atoms with Crippen molar-refractivity contribution in [3.05, 3.63) is 70.1 Å². The Balaban J connectivity index is 3.14. The number of aryl methyl sites for hydroxylation is 1. The fourth-order valence-corrected chi connectivity index (χ4v) is 5.20. The van der Waals surface area contributed by atoms with E-state index in [1.165, 1.54) is 24.0 Å². The first-order valence-corrected chi connectivity index (χ1v) is 12.9. The maximum atomic E-state index is 15.4. The van der Waals surface area contributed by atoms with Gasteiger partial charge in [-0.15, -0.1) is 0 Å². The molecule has 1 nitrogen and oxygen atoms in total. The summed E-state index contributed by atoms with van der Waals surface area (Å²) in [6.07, 6.45) is 4.97. The average Bonchev–Trinajstić information content (AvgIpc) is 2.69. The van der Waals surface area contributed by atoms with E-state index < -0.39 is 0 Å². The molecule has 33 heavy (non-hydrogen) atoms. The first-order chi connectivity index (χ1) is 15.3. The van der Waals surface area contributed by atoms with E-state index in [1.54, 1.807) is 0 Å². The highest BCUT2D eigenvalue weighted by molar-refractivity contribution is 5.46. The molecule has 0 radical (unpaired) electrons. The van der Waals surface area contributed by atoms with E-state index in [9.17, 15) is 0 Å². The smallest absolute Gasteiger partial charge is 0.129 e. The number of rotatable bonds is 13. The molecule has 0 bridgehead atoms. The maximum absolute atomic E-state index is 15.4. The molecule has 1 aromatic carbocycles. The number of hydrogen-bond donors (Lipinski definition) is 0. The molecule has 0 amide bonds. The van der Waals surface area contributed by atoms with Gasteiger partial charge in [0.2, 0.25) is 0 Å². The Morgan fingerprint density at radius 2 is 1.45 bits per heavy atom. The third-order valence-electron chi connectivity index (χ3n) is 6.82. The summed E-state index contributed by atoms with van der Waals surface area (Å²) in [6.45, 7) is 31.2. The quantitative estimate of drug-likeness (QED) is 0.268. The van der Waals surface area contributed by atoms with Gasteiger partial charge in [0.15, 0.2) is 0 Å². The summed E-state index contributed by atoms with van der Waals surface area (Å²) in [5, 5.41) is 0. The molecule has 1 unspecified atom stereocenters. The lowest BCUT2D eigenvalue weighted by atomic mass is 9.70. The topological polar surface area (TPSA) is 3.24 Å². The normalized spacial score (nSPS) is 12.7. The molecule has 0 heterocycles. The summed E-state index contributed by atoms with van der Waals surface area (Å²) in [5.74, 6) is 0.265. The minimum Gasteiger partial charge on any atom is -0.303 e. The van der Waals surface area contributed by atoms with Crippen LogP contribution in [0.4, 0.5) is 4.39 Å². The van der Waals surface area contributed by atoms with Crippen LogP contribution in [0.5, 0.6) is 0 Å². The van der Waals surface area contributed by atoms with Gasteiger partial charge >= 0.3 is 0 Å². The highest BCUT2D eigenvalue weighted by Gasteiger charge is 2.29. The third kappa shape index (κ3) is 8.56. The maximum Gasteiger partial charge on any atom is 0.129 e. The van der Waals surface area contributed by atoms with Gasteiger partial charge < -0.3 is 4.90 Å². The van der Waals surface area contributed by atoms with E-state index in [-0.39, 0.29) is 17.2 Å². The van der Waals surface area contributed by atoms with Crippen LogP contribution >= 0.6 is 0 Å². The van der Waals surface area contributed by atoms with Gasteiger partial charge in [-0.25, -0.2) is 4.39 Å². The summed E-state index contributed by atoms with van der Waals surface area (Å²) in [5.41, 5.74) is 7.39. The first kappa shape index (κ1) is 29.4. The fourth-order valence-electron chi connectivity index (χ4n) is 5.20. The average molecular weight is 456 g/mol. The molecular weight excluding hydrogens is 405 g/mol. The molecular formula is C31H50FN. The molecule has 1 aromatic rings. The molecule has 1 atom stereocenters. The largest absolute Gasteiger partial charge is 0.303 e. The van der Waals surface area contributed by atoms with E-state index in [1.807, 2.05) is 13.0 Å². The first-order valence-electron chi connectivity index (χ1n) is 12.9. The molecule has 0 aliphatic carbocycles. The van der Waals surface area contributed by atoms with E-state index in [0.717, 1.165) is 66.7 Å².